The summed E-state index contributed by atoms with van der Waals surface area (Å²) in [5.74, 6) is -0.345. The van der Waals surface area contributed by atoms with Crippen molar-refractivity contribution in [3.63, 3.8) is 0 Å². The van der Waals surface area contributed by atoms with Gasteiger partial charge < -0.3 is 15.4 Å². The molecule has 0 aliphatic heterocycles. The number of carbonyl (C=O) groups is 2. The summed E-state index contributed by atoms with van der Waals surface area (Å²) in [5.41, 5.74) is 1.94. The molecule has 1 aromatic rings. The number of hydrogen-bond acceptors (Lipinski definition) is 3. The maximum absolute atomic E-state index is 11.5. The van der Waals surface area contributed by atoms with Crippen LogP contribution in [0.2, 0.25) is 0 Å². The predicted octanol–water partition coefficient (Wildman–Crippen LogP) is 1.93. The minimum absolute atomic E-state index is 0.165. The Balaban J connectivity index is 2.32. The normalized spacial score (nSPS) is 9.67. The molecule has 1 rings (SSSR count). The summed E-state index contributed by atoms with van der Waals surface area (Å²) in [6.07, 6.45) is 1.13. The standard InChI is InChI=1S/C13H18N2O3/c1-3-10-4-6-11(7-5-10)15-13(17)14-9-8-12(16)18-2/h4-7H,3,8-9H2,1-2H3,(H2,14,15,17). The molecule has 0 unspecified atom stereocenters. The summed E-state index contributed by atoms with van der Waals surface area (Å²) in [7, 11) is 1.32. The topological polar surface area (TPSA) is 67.4 Å². The second-order valence-electron chi connectivity index (χ2n) is 3.76. The Morgan fingerprint density at radius 3 is 2.44 bits per heavy atom. The van der Waals surface area contributed by atoms with E-state index >= 15 is 0 Å². The van der Waals surface area contributed by atoms with Crippen LogP contribution in [0.25, 0.3) is 0 Å². The number of aryl methyl sites for hydroxylation is 1. The van der Waals surface area contributed by atoms with Crippen LogP contribution in [0.4, 0.5) is 10.5 Å². The minimum atomic E-state index is -0.345. The highest BCUT2D eigenvalue weighted by Gasteiger charge is 2.03. The molecule has 0 saturated heterocycles. The van der Waals surface area contributed by atoms with Crippen molar-refractivity contribution >= 4 is 17.7 Å². The molecule has 0 saturated carbocycles. The van der Waals surface area contributed by atoms with Gasteiger partial charge in [-0.05, 0) is 24.1 Å². The predicted molar refractivity (Wildman–Crippen MR) is 69.5 cm³/mol. The van der Waals surface area contributed by atoms with Crippen LogP contribution >= 0.6 is 0 Å². The number of carbonyl (C=O) groups excluding carboxylic acids is 2. The SMILES string of the molecule is CCc1ccc(NC(=O)NCCC(=O)OC)cc1. The first-order valence-corrected chi connectivity index (χ1v) is 5.86. The van der Waals surface area contributed by atoms with Crippen LogP contribution in [0.5, 0.6) is 0 Å². The van der Waals surface area contributed by atoms with Crippen LogP contribution in [0.1, 0.15) is 18.9 Å². The van der Waals surface area contributed by atoms with Gasteiger partial charge in [-0.1, -0.05) is 19.1 Å². The van der Waals surface area contributed by atoms with Gasteiger partial charge in [-0.3, -0.25) is 4.79 Å². The Kier molecular flexibility index (Phi) is 5.70. The highest BCUT2D eigenvalue weighted by molar-refractivity contribution is 5.89. The van der Waals surface area contributed by atoms with Gasteiger partial charge >= 0.3 is 12.0 Å². The van der Waals surface area contributed by atoms with E-state index < -0.39 is 0 Å². The van der Waals surface area contributed by atoms with E-state index in [0.717, 1.165) is 12.1 Å². The van der Waals surface area contributed by atoms with Crippen molar-refractivity contribution in [2.75, 3.05) is 19.0 Å². The number of ether oxygens (including phenoxy) is 1. The molecule has 98 valence electrons. The second-order valence-corrected chi connectivity index (χ2v) is 3.76. The third kappa shape index (κ3) is 4.86. The quantitative estimate of drug-likeness (QED) is 0.785. The first-order valence-electron chi connectivity index (χ1n) is 5.86. The molecule has 0 radical (unpaired) electrons. The summed E-state index contributed by atoms with van der Waals surface area (Å²) < 4.78 is 4.47. The van der Waals surface area contributed by atoms with Gasteiger partial charge in [0.25, 0.3) is 0 Å². The number of hydrogen-bond donors (Lipinski definition) is 2. The van der Waals surface area contributed by atoms with Crippen LogP contribution in [0.3, 0.4) is 0 Å². The lowest BCUT2D eigenvalue weighted by Gasteiger charge is -2.07. The van der Waals surface area contributed by atoms with Crippen molar-refractivity contribution in [2.45, 2.75) is 19.8 Å². The van der Waals surface area contributed by atoms with Crippen LogP contribution in [-0.2, 0) is 16.0 Å². The number of urea groups is 1. The first kappa shape index (κ1) is 14.0. The summed E-state index contributed by atoms with van der Waals surface area (Å²) in [5, 5.41) is 5.26. The smallest absolute Gasteiger partial charge is 0.319 e. The summed E-state index contributed by atoms with van der Waals surface area (Å²) in [4.78, 5) is 22.3. The number of rotatable bonds is 5. The fourth-order valence-electron chi connectivity index (χ4n) is 1.38. The van der Waals surface area contributed by atoms with E-state index in [1.54, 1.807) is 0 Å². The van der Waals surface area contributed by atoms with Crippen LogP contribution in [-0.4, -0.2) is 25.7 Å². The third-order valence-corrected chi connectivity index (χ3v) is 2.46. The zero-order valence-electron chi connectivity index (χ0n) is 10.7. The van der Waals surface area contributed by atoms with Crippen LogP contribution in [0.15, 0.2) is 24.3 Å². The monoisotopic (exact) mass is 250 g/mol. The van der Waals surface area contributed by atoms with Gasteiger partial charge in [0.1, 0.15) is 0 Å². The maximum Gasteiger partial charge on any atom is 0.319 e. The molecule has 5 nitrogen and oxygen atoms in total. The van der Waals surface area contributed by atoms with Crippen LogP contribution < -0.4 is 10.6 Å². The van der Waals surface area contributed by atoms with Crippen molar-refractivity contribution in [3.05, 3.63) is 29.8 Å². The van der Waals surface area contributed by atoms with E-state index in [4.69, 9.17) is 0 Å². The molecule has 0 heterocycles. The van der Waals surface area contributed by atoms with E-state index in [0.29, 0.717) is 0 Å². The fourth-order valence-corrected chi connectivity index (χ4v) is 1.38. The molecule has 0 bridgehead atoms. The number of nitrogens with one attached hydrogen (secondary N) is 2. The second kappa shape index (κ2) is 7.32. The van der Waals surface area contributed by atoms with Gasteiger partial charge in [0.15, 0.2) is 0 Å². The zero-order valence-corrected chi connectivity index (χ0v) is 10.7. The molecule has 18 heavy (non-hydrogen) atoms. The molecule has 0 aliphatic carbocycles. The Hall–Kier alpha value is -2.04. The lowest BCUT2D eigenvalue weighted by atomic mass is 10.1. The van der Waals surface area contributed by atoms with Crippen molar-refractivity contribution in [2.24, 2.45) is 0 Å². The van der Waals surface area contributed by atoms with Crippen molar-refractivity contribution in [3.8, 4) is 0 Å². The molecule has 0 aliphatic rings. The highest BCUT2D eigenvalue weighted by Crippen LogP contribution is 2.09. The maximum atomic E-state index is 11.5. The van der Waals surface area contributed by atoms with E-state index in [9.17, 15) is 9.59 Å². The Bertz CT molecular complexity index is 401. The van der Waals surface area contributed by atoms with Gasteiger partial charge in [-0.15, -0.1) is 0 Å². The number of anilines is 1. The third-order valence-electron chi connectivity index (χ3n) is 2.46. The lowest BCUT2D eigenvalue weighted by Crippen LogP contribution is -2.30. The van der Waals surface area contributed by atoms with E-state index in [1.165, 1.54) is 12.7 Å². The van der Waals surface area contributed by atoms with Crippen molar-refractivity contribution in [1.82, 2.24) is 5.32 Å². The summed E-state index contributed by atoms with van der Waals surface area (Å²) >= 11 is 0. The number of benzene rings is 1. The van der Waals surface area contributed by atoms with Crippen LogP contribution in [0, 0.1) is 0 Å². The van der Waals surface area contributed by atoms with Gasteiger partial charge in [-0.25, -0.2) is 4.79 Å². The Morgan fingerprint density at radius 1 is 1.22 bits per heavy atom. The molecule has 0 aromatic heterocycles. The average Bonchev–Trinajstić information content (AvgIpc) is 2.39. The Morgan fingerprint density at radius 2 is 1.89 bits per heavy atom. The molecular weight excluding hydrogens is 232 g/mol. The molecule has 1 aromatic carbocycles. The van der Waals surface area contributed by atoms with Gasteiger partial charge in [0.05, 0.1) is 13.5 Å². The number of esters is 1. The van der Waals surface area contributed by atoms with Gasteiger partial charge in [0.2, 0.25) is 0 Å². The zero-order chi connectivity index (χ0) is 13.4. The average molecular weight is 250 g/mol. The molecule has 5 heteroatoms. The van der Waals surface area contributed by atoms with Crippen molar-refractivity contribution in [1.29, 1.82) is 0 Å². The molecule has 0 atom stereocenters. The van der Waals surface area contributed by atoms with E-state index in [2.05, 4.69) is 22.3 Å². The summed E-state index contributed by atoms with van der Waals surface area (Å²) in [6, 6.07) is 7.29. The largest absolute Gasteiger partial charge is 0.469 e. The molecule has 0 spiro atoms. The van der Waals surface area contributed by atoms with Gasteiger partial charge in [0, 0.05) is 12.2 Å². The van der Waals surface area contributed by atoms with E-state index in [1.807, 2.05) is 24.3 Å². The lowest BCUT2D eigenvalue weighted by molar-refractivity contribution is -0.140. The number of amides is 2. The van der Waals surface area contributed by atoms with E-state index in [-0.39, 0.29) is 25.0 Å². The molecule has 0 fully saturated rings. The summed E-state index contributed by atoms with van der Waals surface area (Å²) in [6.45, 7) is 2.33. The number of methoxy groups -OCH3 is 1. The van der Waals surface area contributed by atoms with Gasteiger partial charge in [-0.2, -0.15) is 0 Å². The molecular formula is C13H18N2O3. The minimum Gasteiger partial charge on any atom is -0.469 e. The first-order chi connectivity index (χ1) is 8.65. The van der Waals surface area contributed by atoms with Crippen molar-refractivity contribution < 1.29 is 14.3 Å². The fraction of sp³-hybridized carbons (Fsp3) is 0.385. The molecule has 2 N–H and O–H groups in total. The Labute approximate surface area is 107 Å². The molecule has 2 amide bonds. The highest BCUT2D eigenvalue weighted by atomic mass is 16.5.